The van der Waals surface area contributed by atoms with E-state index in [1.807, 2.05) is 41.5 Å². The first-order chi connectivity index (χ1) is 6.41. The fourth-order valence-electron chi connectivity index (χ4n) is 0.525. The van der Waals surface area contributed by atoms with E-state index < -0.39 is 8.60 Å². The minimum absolute atomic E-state index is 0.00604. The Morgan fingerprint density at radius 2 is 1.14 bits per heavy atom. The Hall–Kier alpha value is 0.270. The van der Waals surface area contributed by atoms with E-state index in [1.54, 1.807) is 0 Å². The topological polar surface area (TPSA) is 36.9 Å². The molecule has 0 aliphatic carbocycles. The molecule has 0 fully saturated rings. The summed E-state index contributed by atoms with van der Waals surface area (Å²) < 4.78 is 15.9. The Morgan fingerprint density at radius 3 is 1.43 bits per heavy atom. The maximum absolute atomic E-state index is 5.41. The molecule has 86 valence electrons. The van der Waals surface area contributed by atoms with Gasteiger partial charge in [0.25, 0.3) is 0 Å². The van der Waals surface area contributed by atoms with Crippen molar-refractivity contribution in [2.45, 2.75) is 59.9 Å². The minimum Gasteiger partial charge on any atom is -0.308 e. The van der Waals surface area contributed by atoms with Crippen LogP contribution < -0.4 is 0 Å². The first-order valence-corrected chi connectivity index (χ1v) is 5.98. The summed E-state index contributed by atoms with van der Waals surface area (Å²) in [6.07, 6.45) is 0.137. The summed E-state index contributed by atoms with van der Waals surface area (Å²) in [7, 11) is -1.39. The largest absolute Gasteiger partial charge is 0.363 e. The van der Waals surface area contributed by atoms with Crippen LogP contribution in [0.4, 0.5) is 0 Å². The van der Waals surface area contributed by atoms with Crippen LogP contribution >= 0.6 is 8.60 Å². The quantitative estimate of drug-likeness (QED) is 0.377. The van der Waals surface area contributed by atoms with Crippen molar-refractivity contribution in [1.29, 1.82) is 0 Å². The summed E-state index contributed by atoms with van der Waals surface area (Å²) in [5.74, 6) is 0. The van der Waals surface area contributed by atoms with Gasteiger partial charge in [-0.25, -0.2) is 4.89 Å². The van der Waals surface area contributed by atoms with Gasteiger partial charge in [0.2, 0.25) is 0 Å². The van der Waals surface area contributed by atoms with Gasteiger partial charge in [-0.1, -0.05) is 0 Å². The lowest BCUT2D eigenvalue weighted by atomic mass is 10.5. The van der Waals surface area contributed by atoms with Crippen molar-refractivity contribution in [3.05, 3.63) is 0 Å². The third-order valence-corrected chi connectivity index (χ3v) is 2.29. The third kappa shape index (κ3) is 8.85. The van der Waals surface area contributed by atoms with Crippen LogP contribution in [0.1, 0.15) is 41.5 Å². The van der Waals surface area contributed by atoms with Crippen LogP contribution in [0.5, 0.6) is 0 Å². The van der Waals surface area contributed by atoms with E-state index in [0.29, 0.717) is 0 Å². The molecule has 0 N–H and O–H groups in total. The maximum Gasteiger partial charge on any atom is 0.363 e. The monoisotopic (exact) mass is 224 g/mol. The van der Waals surface area contributed by atoms with E-state index in [9.17, 15) is 0 Å². The SMILES string of the molecule is CC(C)OOP(OC(C)C)OC(C)C. The molecule has 5 heteroatoms. The highest BCUT2D eigenvalue weighted by atomic mass is 31.2. The second-order valence-electron chi connectivity index (χ2n) is 3.75. The number of hydrogen-bond donors (Lipinski definition) is 0. The predicted molar refractivity (Wildman–Crippen MR) is 56.7 cm³/mol. The van der Waals surface area contributed by atoms with E-state index in [0.717, 1.165) is 0 Å². The summed E-state index contributed by atoms with van der Waals surface area (Å²) in [5.41, 5.74) is 0. The van der Waals surface area contributed by atoms with Crippen molar-refractivity contribution in [1.82, 2.24) is 0 Å². The second-order valence-corrected chi connectivity index (χ2v) is 4.77. The van der Waals surface area contributed by atoms with Crippen LogP contribution in [-0.4, -0.2) is 18.3 Å². The van der Waals surface area contributed by atoms with Gasteiger partial charge in [0.1, 0.15) is 0 Å². The highest BCUT2D eigenvalue weighted by Crippen LogP contribution is 2.42. The molecule has 0 atom stereocenters. The van der Waals surface area contributed by atoms with Gasteiger partial charge in [0, 0.05) is 0 Å². The van der Waals surface area contributed by atoms with Gasteiger partial charge in [-0.3, -0.25) is 0 Å². The van der Waals surface area contributed by atoms with Crippen molar-refractivity contribution in [3.63, 3.8) is 0 Å². The van der Waals surface area contributed by atoms with Gasteiger partial charge in [-0.05, 0) is 41.5 Å². The molecule has 0 amide bonds. The zero-order valence-electron chi connectivity index (χ0n) is 9.81. The molecule has 0 aromatic carbocycles. The predicted octanol–water partition coefficient (Wildman–Crippen LogP) is 3.42. The second kappa shape index (κ2) is 7.55. The highest BCUT2D eigenvalue weighted by Gasteiger charge is 2.18. The van der Waals surface area contributed by atoms with Crippen LogP contribution in [0.3, 0.4) is 0 Å². The maximum atomic E-state index is 5.41. The van der Waals surface area contributed by atoms with Crippen LogP contribution in [0.2, 0.25) is 0 Å². The average Bonchev–Trinajstić information content (AvgIpc) is 1.97. The molecule has 0 saturated carbocycles. The molecule has 0 radical (unpaired) electrons. The van der Waals surface area contributed by atoms with E-state index >= 15 is 0 Å². The summed E-state index contributed by atoms with van der Waals surface area (Å²) in [4.78, 5) is 4.98. The molecule has 0 aromatic heterocycles. The van der Waals surface area contributed by atoms with E-state index in [4.69, 9.17) is 18.6 Å². The average molecular weight is 224 g/mol. The lowest BCUT2D eigenvalue weighted by molar-refractivity contribution is -0.246. The lowest BCUT2D eigenvalue weighted by Gasteiger charge is -2.20. The van der Waals surface area contributed by atoms with Crippen molar-refractivity contribution in [3.8, 4) is 0 Å². The van der Waals surface area contributed by atoms with E-state index in [2.05, 4.69) is 0 Å². The van der Waals surface area contributed by atoms with Crippen LogP contribution in [-0.2, 0) is 18.6 Å². The van der Waals surface area contributed by atoms with Gasteiger partial charge in [-0.2, -0.15) is 4.67 Å². The third-order valence-electron chi connectivity index (χ3n) is 0.890. The van der Waals surface area contributed by atoms with E-state index in [-0.39, 0.29) is 18.3 Å². The Morgan fingerprint density at radius 1 is 0.714 bits per heavy atom. The van der Waals surface area contributed by atoms with Crippen molar-refractivity contribution in [2.24, 2.45) is 0 Å². The van der Waals surface area contributed by atoms with Gasteiger partial charge in [0.15, 0.2) is 0 Å². The van der Waals surface area contributed by atoms with Gasteiger partial charge in [-0.15, -0.1) is 0 Å². The summed E-state index contributed by atoms with van der Waals surface area (Å²) >= 11 is 0. The van der Waals surface area contributed by atoms with Crippen molar-refractivity contribution >= 4 is 8.60 Å². The molecule has 0 aromatic rings. The highest BCUT2D eigenvalue weighted by molar-refractivity contribution is 7.41. The van der Waals surface area contributed by atoms with E-state index in [1.165, 1.54) is 0 Å². The Bertz CT molecular complexity index is 129. The molecular weight excluding hydrogens is 203 g/mol. The molecule has 0 aliphatic rings. The normalized spacial score (nSPS) is 12.4. The van der Waals surface area contributed by atoms with Crippen molar-refractivity contribution < 1.29 is 18.6 Å². The first kappa shape index (κ1) is 14.3. The fraction of sp³-hybridized carbons (Fsp3) is 1.00. The minimum atomic E-state index is -1.39. The smallest absolute Gasteiger partial charge is 0.308 e. The van der Waals surface area contributed by atoms with Gasteiger partial charge in [0.05, 0.1) is 18.3 Å². The zero-order valence-corrected chi connectivity index (χ0v) is 10.7. The molecular formula is C9H21O4P. The standard InChI is InChI=1S/C9H21O4P/c1-7(2)10-13-14(11-8(3)4)12-9(5)6/h7-9H,1-6H3. The first-order valence-electron chi connectivity index (χ1n) is 4.89. The van der Waals surface area contributed by atoms with Crippen LogP contribution in [0, 0.1) is 0 Å². The zero-order chi connectivity index (χ0) is 11.1. The molecule has 0 bridgehead atoms. The van der Waals surface area contributed by atoms with Crippen molar-refractivity contribution in [2.75, 3.05) is 0 Å². The molecule has 4 nitrogen and oxygen atoms in total. The van der Waals surface area contributed by atoms with Crippen LogP contribution in [0.15, 0.2) is 0 Å². The molecule has 0 aliphatic heterocycles. The Balaban J connectivity index is 3.84. The fourth-order valence-corrected chi connectivity index (χ4v) is 1.58. The van der Waals surface area contributed by atoms with Gasteiger partial charge >= 0.3 is 8.60 Å². The molecule has 0 saturated heterocycles. The Kier molecular flexibility index (Phi) is 7.69. The molecule has 0 heterocycles. The summed E-state index contributed by atoms with van der Waals surface area (Å²) in [5, 5.41) is 0. The molecule has 14 heavy (non-hydrogen) atoms. The number of rotatable bonds is 7. The molecule has 0 spiro atoms. The Labute approximate surface area is 87.8 Å². The van der Waals surface area contributed by atoms with Gasteiger partial charge < -0.3 is 9.05 Å². The summed E-state index contributed by atoms with van der Waals surface area (Å²) in [6, 6.07) is 0. The summed E-state index contributed by atoms with van der Waals surface area (Å²) in [6.45, 7) is 11.5. The number of hydrogen-bond acceptors (Lipinski definition) is 4. The van der Waals surface area contributed by atoms with Crippen LogP contribution in [0.25, 0.3) is 0 Å². The molecule has 0 rings (SSSR count). The molecule has 0 unspecified atom stereocenters. The lowest BCUT2D eigenvalue weighted by Crippen LogP contribution is -2.09.